The van der Waals surface area contributed by atoms with E-state index in [1.54, 1.807) is 0 Å². The fraction of sp³-hybridized carbons (Fsp3) is 0.500. The number of H-pyrrole nitrogens is 1. The van der Waals surface area contributed by atoms with Gasteiger partial charge in [0.05, 0.1) is 18.8 Å². The first-order chi connectivity index (χ1) is 15.9. The van der Waals surface area contributed by atoms with Gasteiger partial charge in [0.2, 0.25) is 17.7 Å². The van der Waals surface area contributed by atoms with Gasteiger partial charge in [-0.2, -0.15) is 12.6 Å². The fourth-order valence-electron chi connectivity index (χ4n) is 2.65. The number of carboxylic acid groups (broad SMARTS) is 3. The Bertz CT molecular complexity index is 894. The first-order valence-electron chi connectivity index (χ1n) is 9.85. The van der Waals surface area contributed by atoms with Crippen molar-refractivity contribution in [2.75, 3.05) is 5.75 Å². The molecule has 15 nitrogen and oxygen atoms in total. The van der Waals surface area contributed by atoms with E-state index < -0.39 is 79.1 Å². The number of imidazole rings is 1. The van der Waals surface area contributed by atoms with Gasteiger partial charge in [0.25, 0.3) is 0 Å². The first kappa shape index (κ1) is 28.4. The van der Waals surface area contributed by atoms with Crippen molar-refractivity contribution in [3.63, 3.8) is 0 Å². The summed E-state index contributed by atoms with van der Waals surface area (Å²) in [5.41, 5.74) is 5.88. The third-order valence-electron chi connectivity index (χ3n) is 4.42. The number of thiol groups is 1. The van der Waals surface area contributed by atoms with Gasteiger partial charge < -0.3 is 42.0 Å². The second kappa shape index (κ2) is 13.8. The summed E-state index contributed by atoms with van der Waals surface area (Å²) in [6, 6.07) is -5.59. The summed E-state index contributed by atoms with van der Waals surface area (Å²) in [5, 5.41) is 33.6. The predicted molar refractivity (Wildman–Crippen MR) is 117 cm³/mol. The summed E-state index contributed by atoms with van der Waals surface area (Å²) in [6.45, 7) is 0. The zero-order valence-corrected chi connectivity index (χ0v) is 18.7. The van der Waals surface area contributed by atoms with Crippen LogP contribution in [0.25, 0.3) is 0 Å². The second-order valence-corrected chi connectivity index (χ2v) is 7.49. The molecule has 0 saturated heterocycles. The van der Waals surface area contributed by atoms with Gasteiger partial charge in [-0.1, -0.05) is 0 Å². The van der Waals surface area contributed by atoms with Crippen molar-refractivity contribution in [3.8, 4) is 0 Å². The third kappa shape index (κ3) is 9.86. The molecule has 0 spiro atoms. The van der Waals surface area contributed by atoms with Crippen molar-refractivity contribution >= 4 is 48.3 Å². The van der Waals surface area contributed by atoms with E-state index >= 15 is 0 Å². The Morgan fingerprint density at radius 1 is 0.941 bits per heavy atom. The largest absolute Gasteiger partial charge is 0.481 e. The molecule has 188 valence electrons. The molecule has 4 atom stereocenters. The van der Waals surface area contributed by atoms with E-state index in [-0.39, 0.29) is 12.2 Å². The van der Waals surface area contributed by atoms with Gasteiger partial charge in [-0.05, 0) is 6.42 Å². The van der Waals surface area contributed by atoms with Crippen LogP contribution in [0.1, 0.15) is 25.0 Å². The maximum Gasteiger partial charge on any atom is 0.326 e. The molecule has 0 aliphatic rings. The van der Waals surface area contributed by atoms with E-state index in [2.05, 4.69) is 38.5 Å². The Morgan fingerprint density at radius 2 is 1.53 bits per heavy atom. The minimum absolute atomic E-state index is 0.144. The van der Waals surface area contributed by atoms with Crippen LogP contribution >= 0.6 is 12.6 Å². The Labute approximate surface area is 198 Å². The topological polar surface area (TPSA) is 254 Å². The van der Waals surface area contributed by atoms with E-state index in [1.807, 2.05) is 0 Å². The molecule has 3 amide bonds. The van der Waals surface area contributed by atoms with Crippen LogP contribution in [0.15, 0.2) is 12.5 Å². The number of hydrogen-bond acceptors (Lipinski definition) is 9. The number of aliphatic carboxylic acids is 3. The molecule has 0 bridgehead atoms. The van der Waals surface area contributed by atoms with Gasteiger partial charge >= 0.3 is 17.9 Å². The summed E-state index contributed by atoms with van der Waals surface area (Å²) in [6.07, 6.45) is 0.962. The van der Waals surface area contributed by atoms with Crippen LogP contribution in [0.2, 0.25) is 0 Å². The number of aromatic amines is 1. The Kier molecular flexibility index (Phi) is 11.5. The molecule has 34 heavy (non-hydrogen) atoms. The monoisotopic (exact) mass is 502 g/mol. The maximum absolute atomic E-state index is 12.8. The summed E-state index contributed by atoms with van der Waals surface area (Å²) < 4.78 is 0. The van der Waals surface area contributed by atoms with E-state index in [9.17, 15) is 33.9 Å². The van der Waals surface area contributed by atoms with Crippen molar-refractivity contribution in [1.82, 2.24) is 25.9 Å². The van der Waals surface area contributed by atoms with Crippen molar-refractivity contribution in [3.05, 3.63) is 18.2 Å². The average Bonchev–Trinajstić information content (AvgIpc) is 3.26. The molecule has 0 aliphatic carbocycles. The number of carbonyl (C=O) groups is 6. The number of nitrogens with two attached hydrogens (primary N) is 1. The molecule has 4 unspecified atom stereocenters. The van der Waals surface area contributed by atoms with Gasteiger partial charge in [-0.3, -0.25) is 24.0 Å². The van der Waals surface area contributed by atoms with Crippen LogP contribution in [-0.2, 0) is 35.2 Å². The molecule has 9 N–H and O–H groups in total. The van der Waals surface area contributed by atoms with Gasteiger partial charge in [0, 0.05) is 30.5 Å². The molecule has 1 aromatic heterocycles. The lowest BCUT2D eigenvalue weighted by molar-refractivity contribution is -0.143. The van der Waals surface area contributed by atoms with E-state index in [0.29, 0.717) is 5.69 Å². The summed E-state index contributed by atoms with van der Waals surface area (Å²) in [4.78, 5) is 76.9. The van der Waals surface area contributed by atoms with Crippen LogP contribution in [0.5, 0.6) is 0 Å². The van der Waals surface area contributed by atoms with Crippen molar-refractivity contribution in [2.45, 2.75) is 49.9 Å². The highest BCUT2D eigenvalue weighted by Crippen LogP contribution is 2.04. The molecule has 0 fully saturated rings. The van der Waals surface area contributed by atoms with Crippen molar-refractivity contribution in [1.29, 1.82) is 0 Å². The van der Waals surface area contributed by atoms with Gasteiger partial charge in [0.15, 0.2) is 0 Å². The zero-order valence-electron chi connectivity index (χ0n) is 17.8. The Morgan fingerprint density at radius 3 is 2.03 bits per heavy atom. The molecule has 1 rings (SSSR count). The number of aromatic nitrogens is 2. The number of carbonyl (C=O) groups excluding carboxylic acids is 3. The summed E-state index contributed by atoms with van der Waals surface area (Å²) >= 11 is 3.98. The smallest absolute Gasteiger partial charge is 0.326 e. The quantitative estimate of drug-likeness (QED) is 0.110. The third-order valence-corrected chi connectivity index (χ3v) is 4.79. The number of rotatable bonds is 15. The molecule has 0 aromatic carbocycles. The van der Waals surface area contributed by atoms with Gasteiger partial charge in [-0.15, -0.1) is 0 Å². The van der Waals surface area contributed by atoms with Crippen LogP contribution < -0.4 is 21.7 Å². The van der Waals surface area contributed by atoms with Crippen LogP contribution in [0, 0.1) is 0 Å². The average molecular weight is 503 g/mol. The predicted octanol–water partition coefficient (Wildman–Crippen LogP) is -2.91. The lowest BCUT2D eigenvalue weighted by Crippen LogP contribution is -2.58. The normalized spacial score (nSPS) is 14.2. The van der Waals surface area contributed by atoms with Crippen LogP contribution in [0.3, 0.4) is 0 Å². The molecular formula is C18H26N6O9S. The lowest BCUT2D eigenvalue weighted by Gasteiger charge is -2.24. The van der Waals surface area contributed by atoms with Crippen LogP contribution in [0.4, 0.5) is 0 Å². The highest BCUT2D eigenvalue weighted by Gasteiger charge is 2.30. The highest BCUT2D eigenvalue weighted by molar-refractivity contribution is 7.80. The maximum atomic E-state index is 12.8. The van der Waals surface area contributed by atoms with Gasteiger partial charge in [0.1, 0.15) is 18.1 Å². The highest BCUT2D eigenvalue weighted by atomic mass is 32.1. The van der Waals surface area contributed by atoms with E-state index in [4.69, 9.17) is 15.9 Å². The minimum atomic E-state index is -1.53. The molecular weight excluding hydrogens is 476 g/mol. The number of nitrogens with one attached hydrogen (secondary N) is 4. The standard InChI is InChI=1S/C18H26N6O9S/c19-9(4-14(27)28)15(29)24-12(6-34)17(31)23-11(3-8-5-20-7-21-8)16(30)22-10(18(32)33)1-2-13(25)26/h5,7,9-12,34H,1-4,6,19H2,(H,20,21)(H,22,30)(H,23,31)(H,24,29)(H,25,26)(H,27,28)(H,32,33). The van der Waals surface area contributed by atoms with Crippen LogP contribution in [-0.4, -0.2) is 90.8 Å². The Balaban J connectivity index is 2.95. The Hall–Kier alpha value is -3.66. The number of amides is 3. The molecule has 0 saturated carbocycles. The molecule has 16 heteroatoms. The zero-order chi connectivity index (χ0) is 25.8. The fourth-order valence-corrected chi connectivity index (χ4v) is 2.91. The lowest BCUT2D eigenvalue weighted by atomic mass is 10.1. The molecule has 0 radical (unpaired) electrons. The molecule has 0 aliphatic heterocycles. The molecule has 1 aromatic rings. The van der Waals surface area contributed by atoms with Crippen molar-refractivity contribution < 1.29 is 44.1 Å². The molecule has 1 heterocycles. The SMILES string of the molecule is NC(CC(=O)O)C(=O)NC(CS)C(=O)NC(Cc1cnc[nH]1)C(=O)NC(CCC(=O)O)C(=O)O. The van der Waals surface area contributed by atoms with Gasteiger partial charge in [-0.25, -0.2) is 9.78 Å². The first-order valence-corrected chi connectivity index (χ1v) is 10.5. The van der Waals surface area contributed by atoms with E-state index in [0.717, 1.165) is 0 Å². The number of nitrogens with zero attached hydrogens (tertiary/aromatic N) is 1. The number of hydrogen-bond donors (Lipinski definition) is 9. The summed E-state index contributed by atoms with van der Waals surface area (Å²) in [7, 11) is 0. The minimum Gasteiger partial charge on any atom is -0.481 e. The number of carboxylic acids is 3. The second-order valence-electron chi connectivity index (χ2n) is 7.12. The summed E-state index contributed by atoms with van der Waals surface area (Å²) in [5.74, 6) is -6.99. The van der Waals surface area contributed by atoms with E-state index in [1.165, 1.54) is 12.5 Å². The van der Waals surface area contributed by atoms with Crippen molar-refractivity contribution in [2.24, 2.45) is 5.73 Å².